The zero-order chi connectivity index (χ0) is 11.5. The highest BCUT2D eigenvalue weighted by Gasteiger charge is 2.09. The number of halogens is 1. The van der Waals surface area contributed by atoms with Gasteiger partial charge in [0.05, 0.1) is 23.5 Å². The molecule has 0 N–H and O–H groups in total. The third-order valence-electron chi connectivity index (χ3n) is 2.34. The fourth-order valence-corrected chi connectivity index (χ4v) is 1.69. The number of nitrogens with zero attached hydrogens (tertiary/aromatic N) is 3. The Kier molecular flexibility index (Phi) is 2.69. The summed E-state index contributed by atoms with van der Waals surface area (Å²) in [5, 5.41) is 8.69. The summed E-state index contributed by atoms with van der Waals surface area (Å²) < 4.78 is 14.9. The van der Waals surface area contributed by atoms with Crippen LogP contribution < -0.4 is 0 Å². The SMILES string of the molecule is C=CCn1c(CC#N)nc2cc(F)ccc21. The molecule has 1 aromatic heterocycles. The molecule has 0 radical (unpaired) electrons. The molecule has 80 valence electrons. The van der Waals surface area contributed by atoms with Crippen molar-refractivity contribution in [2.24, 2.45) is 0 Å². The molecule has 0 aliphatic rings. The fourth-order valence-electron chi connectivity index (χ4n) is 1.69. The van der Waals surface area contributed by atoms with Gasteiger partial charge in [0.25, 0.3) is 0 Å². The van der Waals surface area contributed by atoms with Crippen LogP contribution in [0.25, 0.3) is 11.0 Å². The summed E-state index contributed by atoms with van der Waals surface area (Å²) in [4.78, 5) is 4.23. The van der Waals surface area contributed by atoms with Crippen LogP contribution in [0, 0.1) is 17.1 Å². The van der Waals surface area contributed by atoms with Crippen molar-refractivity contribution in [1.82, 2.24) is 9.55 Å². The highest BCUT2D eigenvalue weighted by atomic mass is 19.1. The van der Waals surface area contributed by atoms with E-state index >= 15 is 0 Å². The number of benzene rings is 1. The average molecular weight is 215 g/mol. The van der Waals surface area contributed by atoms with Crippen molar-refractivity contribution in [3.8, 4) is 6.07 Å². The number of hydrogen-bond donors (Lipinski definition) is 0. The molecule has 0 aliphatic carbocycles. The molecule has 4 heteroatoms. The van der Waals surface area contributed by atoms with E-state index in [9.17, 15) is 4.39 Å². The van der Waals surface area contributed by atoms with E-state index in [1.54, 1.807) is 12.1 Å². The Balaban J connectivity index is 2.65. The molecule has 0 saturated heterocycles. The molecule has 0 spiro atoms. The lowest BCUT2D eigenvalue weighted by Crippen LogP contribution is -2.01. The van der Waals surface area contributed by atoms with Gasteiger partial charge in [0.2, 0.25) is 0 Å². The van der Waals surface area contributed by atoms with E-state index in [0.29, 0.717) is 17.9 Å². The predicted octanol–water partition coefficient (Wildman–Crippen LogP) is 2.43. The lowest BCUT2D eigenvalue weighted by atomic mass is 10.3. The van der Waals surface area contributed by atoms with Gasteiger partial charge in [-0.05, 0) is 12.1 Å². The van der Waals surface area contributed by atoms with Crippen LogP contribution in [0.15, 0.2) is 30.9 Å². The topological polar surface area (TPSA) is 41.6 Å². The van der Waals surface area contributed by atoms with Crippen LogP contribution in [-0.4, -0.2) is 9.55 Å². The van der Waals surface area contributed by atoms with Crippen LogP contribution >= 0.6 is 0 Å². The minimum Gasteiger partial charge on any atom is -0.323 e. The van der Waals surface area contributed by atoms with Crippen molar-refractivity contribution in [3.63, 3.8) is 0 Å². The molecule has 3 nitrogen and oxygen atoms in total. The maximum atomic E-state index is 13.0. The predicted molar refractivity (Wildman–Crippen MR) is 59.2 cm³/mol. The highest BCUT2D eigenvalue weighted by molar-refractivity contribution is 5.76. The summed E-state index contributed by atoms with van der Waals surface area (Å²) in [6.07, 6.45) is 1.94. The van der Waals surface area contributed by atoms with Crippen LogP contribution in [0.1, 0.15) is 5.82 Å². The van der Waals surface area contributed by atoms with Gasteiger partial charge in [-0.15, -0.1) is 6.58 Å². The van der Waals surface area contributed by atoms with Crippen LogP contribution in [0.3, 0.4) is 0 Å². The number of rotatable bonds is 3. The van der Waals surface area contributed by atoms with Gasteiger partial charge in [0, 0.05) is 12.6 Å². The molecule has 0 saturated carbocycles. The summed E-state index contributed by atoms with van der Waals surface area (Å²) in [5.74, 6) is 0.322. The molecule has 1 heterocycles. The molecule has 0 amide bonds. The van der Waals surface area contributed by atoms with Gasteiger partial charge in [-0.2, -0.15) is 5.26 Å². The first kappa shape index (κ1) is 10.4. The van der Waals surface area contributed by atoms with E-state index in [2.05, 4.69) is 11.6 Å². The number of allylic oxidation sites excluding steroid dienone is 1. The maximum Gasteiger partial charge on any atom is 0.125 e. The largest absolute Gasteiger partial charge is 0.323 e. The zero-order valence-electron chi connectivity index (χ0n) is 8.65. The maximum absolute atomic E-state index is 13.0. The van der Waals surface area contributed by atoms with E-state index in [0.717, 1.165) is 5.52 Å². The molecule has 0 aliphatic heterocycles. The van der Waals surface area contributed by atoms with Gasteiger partial charge in [0.1, 0.15) is 11.6 Å². The van der Waals surface area contributed by atoms with Crippen molar-refractivity contribution in [2.45, 2.75) is 13.0 Å². The minimum absolute atomic E-state index is 0.212. The number of nitriles is 1. The molecule has 0 fully saturated rings. The summed E-state index contributed by atoms with van der Waals surface area (Å²) in [5.41, 5.74) is 1.40. The first-order chi connectivity index (χ1) is 7.76. The molecule has 0 unspecified atom stereocenters. The molecule has 2 aromatic rings. The van der Waals surface area contributed by atoms with Crippen molar-refractivity contribution < 1.29 is 4.39 Å². The van der Waals surface area contributed by atoms with Crippen LogP contribution in [-0.2, 0) is 13.0 Å². The number of hydrogen-bond acceptors (Lipinski definition) is 2. The second kappa shape index (κ2) is 4.15. The third-order valence-corrected chi connectivity index (χ3v) is 2.34. The van der Waals surface area contributed by atoms with E-state index in [1.165, 1.54) is 12.1 Å². The first-order valence-electron chi connectivity index (χ1n) is 4.88. The first-order valence-corrected chi connectivity index (χ1v) is 4.88. The van der Waals surface area contributed by atoms with Gasteiger partial charge in [-0.25, -0.2) is 9.37 Å². The zero-order valence-corrected chi connectivity index (χ0v) is 8.65. The van der Waals surface area contributed by atoms with Gasteiger partial charge in [-0.3, -0.25) is 0 Å². The van der Waals surface area contributed by atoms with Gasteiger partial charge in [-0.1, -0.05) is 6.08 Å². The van der Waals surface area contributed by atoms with Crippen molar-refractivity contribution in [3.05, 3.63) is 42.5 Å². The number of aromatic nitrogens is 2. The lowest BCUT2D eigenvalue weighted by molar-refractivity contribution is 0.629. The summed E-state index contributed by atoms with van der Waals surface area (Å²) in [7, 11) is 0. The Hall–Kier alpha value is -2.15. The lowest BCUT2D eigenvalue weighted by Gasteiger charge is -2.02. The van der Waals surface area contributed by atoms with Gasteiger partial charge in [0.15, 0.2) is 0 Å². The van der Waals surface area contributed by atoms with Crippen molar-refractivity contribution in [1.29, 1.82) is 5.26 Å². The summed E-state index contributed by atoms with van der Waals surface area (Å²) in [6, 6.07) is 6.48. The number of fused-ring (bicyclic) bond motifs is 1. The second-order valence-corrected chi connectivity index (χ2v) is 3.40. The van der Waals surface area contributed by atoms with Crippen LogP contribution in [0.5, 0.6) is 0 Å². The summed E-state index contributed by atoms with van der Waals surface area (Å²) in [6.45, 7) is 4.22. The Labute approximate surface area is 92.4 Å². The minimum atomic E-state index is -0.320. The Bertz CT molecular complexity index is 578. The summed E-state index contributed by atoms with van der Waals surface area (Å²) >= 11 is 0. The van der Waals surface area contributed by atoms with E-state index < -0.39 is 0 Å². The standard InChI is InChI=1S/C12H10FN3/c1-2-7-16-11-4-3-9(13)8-10(11)15-12(16)5-6-14/h2-4,8H,1,5,7H2. The van der Waals surface area contributed by atoms with Crippen molar-refractivity contribution in [2.75, 3.05) is 0 Å². The van der Waals surface area contributed by atoms with Crippen LogP contribution in [0.4, 0.5) is 4.39 Å². The van der Waals surface area contributed by atoms with E-state index in [1.807, 2.05) is 10.6 Å². The molecular formula is C12H10FN3. The molecule has 16 heavy (non-hydrogen) atoms. The smallest absolute Gasteiger partial charge is 0.125 e. The average Bonchev–Trinajstić information content (AvgIpc) is 2.57. The Morgan fingerprint density at radius 1 is 1.56 bits per heavy atom. The fraction of sp³-hybridized carbons (Fsp3) is 0.167. The Morgan fingerprint density at radius 3 is 3.06 bits per heavy atom. The normalized spacial score (nSPS) is 10.2. The van der Waals surface area contributed by atoms with E-state index in [4.69, 9.17) is 5.26 Å². The molecule has 0 atom stereocenters. The van der Waals surface area contributed by atoms with Gasteiger partial charge >= 0.3 is 0 Å². The third kappa shape index (κ3) is 1.68. The molecule has 1 aromatic carbocycles. The monoisotopic (exact) mass is 215 g/mol. The molecule has 2 rings (SSSR count). The highest BCUT2D eigenvalue weighted by Crippen LogP contribution is 2.17. The van der Waals surface area contributed by atoms with Crippen molar-refractivity contribution >= 4 is 11.0 Å². The second-order valence-electron chi connectivity index (χ2n) is 3.40. The molecular weight excluding hydrogens is 205 g/mol. The quantitative estimate of drug-likeness (QED) is 0.738. The molecule has 0 bridgehead atoms. The van der Waals surface area contributed by atoms with Crippen LogP contribution in [0.2, 0.25) is 0 Å². The van der Waals surface area contributed by atoms with Gasteiger partial charge < -0.3 is 4.57 Å². The number of imidazole rings is 1. The van der Waals surface area contributed by atoms with E-state index in [-0.39, 0.29) is 12.2 Å². The Morgan fingerprint density at radius 2 is 2.38 bits per heavy atom.